The van der Waals surface area contributed by atoms with Crippen molar-refractivity contribution in [1.29, 1.82) is 0 Å². The van der Waals surface area contributed by atoms with Crippen LogP contribution in [-0.4, -0.2) is 7.11 Å². The Morgan fingerprint density at radius 2 is 2.06 bits per heavy atom. The van der Waals surface area contributed by atoms with E-state index in [4.69, 9.17) is 4.74 Å². The van der Waals surface area contributed by atoms with Crippen LogP contribution in [0.2, 0.25) is 0 Å². The molecule has 2 aromatic carbocycles. The molecule has 0 heterocycles. The first-order valence-corrected chi connectivity index (χ1v) is 11.8. The van der Waals surface area contributed by atoms with Crippen molar-refractivity contribution in [2.45, 2.75) is 0 Å². The summed E-state index contributed by atoms with van der Waals surface area (Å²) in [5, 5.41) is 0. The molecule has 0 saturated carbocycles. The number of rotatable bonds is 2. The summed E-state index contributed by atoms with van der Waals surface area (Å²) in [6, 6.07) is 14.8. The minimum absolute atomic E-state index is 0.269. The molecule has 0 aliphatic carbocycles. The molecule has 0 amide bonds. The first-order valence-electron chi connectivity index (χ1n) is 4.88. The predicted molar refractivity (Wildman–Crippen MR) is 66.2 cm³/mol. The van der Waals surface area contributed by atoms with Crippen LogP contribution in [0, 0.1) is 11.9 Å². The van der Waals surface area contributed by atoms with E-state index in [1.54, 1.807) is 25.3 Å². The van der Waals surface area contributed by atoms with Crippen LogP contribution in [0.1, 0.15) is 0 Å². The topological polar surface area (TPSA) is 9.23 Å². The molecule has 0 fully saturated rings. The van der Waals surface area contributed by atoms with Crippen LogP contribution in [0.15, 0.2) is 42.5 Å². The van der Waals surface area contributed by atoms with Gasteiger partial charge < -0.3 is 4.74 Å². The van der Waals surface area contributed by atoms with Gasteiger partial charge in [-0.25, -0.2) is 4.39 Å². The van der Waals surface area contributed by atoms with Crippen molar-refractivity contribution in [3.63, 3.8) is 0 Å². The Kier molecular flexibility index (Phi) is 6.38. The molecule has 1 nitrogen and oxygen atoms in total. The zero-order chi connectivity index (χ0) is 12.7. The third kappa shape index (κ3) is 3.90. The van der Waals surface area contributed by atoms with Gasteiger partial charge in [-0.1, -0.05) is 0 Å². The van der Waals surface area contributed by atoms with Gasteiger partial charge in [0.15, 0.2) is 0 Å². The molecular weight excluding hydrogens is 336 g/mol. The van der Waals surface area contributed by atoms with Gasteiger partial charge in [0.05, 0.1) is 7.11 Å². The van der Waals surface area contributed by atoms with Crippen molar-refractivity contribution < 1.29 is 25.5 Å². The SMILES string of the molecule is COc1ccc(F)cc1-c1c[c-]ccc1.[Zn+][Br]. The molecule has 0 unspecified atom stereocenters. The Morgan fingerprint density at radius 3 is 2.65 bits per heavy atom. The number of hydrogen-bond donors (Lipinski definition) is 0. The Balaban J connectivity index is 0.000000686. The molecule has 84 valence electrons. The fourth-order valence-corrected chi connectivity index (χ4v) is 1.47. The first kappa shape index (κ1) is 14.3. The van der Waals surface area contributed by atoms with Crippen molar-refractivity contribution in [3.05, 3.63) is 54.3 Å². The molecule has 0 radical (unpaired) electrons. The van der Waals surface area contributed by atoms with Crippen molar-refractivity contribution in [3.8, 4) is 16.9 Å². The summed E-state index contributed by atoms with van der Waals surface area (Å²) >= 11 is 4.25. The second kappa shape index (κ2) is 7.57. The fourth-order valence-electron chi connectivity index (χ4n) is 1.47. The molecule has 0 aliphatic heterocycles. The van der Waals surface area contributed by atoms with Crippen molar-refractivity contribution in [1.82, 2.24) is 0 Å². The molecule has 0 N–H and O–H groups in total. The number of halogens is 2. The third-order valence-corrected chi connectivity index (χ3v) is 2.18. The molecular formula is C13H10BrFOZn. The standard InChI is InChI=1S/C13H10FO.BrH.Zn/c1-15-13-8-7-11(14)9-12(13)10-5-3-2-4-6-10;;/h2-3,5-9H,1H3;1H;/q-1;;+2/p-1. The van der Waals surface area contributed by atoms with Crippen molar-refractivity contribution in [2.24, 2.45) is 0 Å². The van der Waals surface area contributed by atoms with E-state index < -0.39 is 0 Å². The summed E-state index contributed by atoms with van der Waals surface area (Å²) in [5.74, 6) is 0.394. The quantitative estimate of drug-likeness (QED) is 0.586. The summed E-state index contributed by atoms with van der Waals surface area (Å²) in [6.45, 7) is 0. The Bertz CT molecular complexity index is 462. The average Bonchev–Trinajstić information content (AvgIpc) is 2.42. The van der Waals surface area contributed by atoms with E-state index in [1.807, 2.05) is 12.1 Å². The van der Waals surface area contributed by atoms with E-state index >= 15 is 0 Å². The van der Waals surface area contributed by atoms with E-state index in [0.29, 0.717) is 5.75 Å². The zero-order valence-electron chi connectivity index (χ0n) is 9.41. The molecule has 0 aromatic heterocycles. The van der Waals surface area contributed by atoms with Gasteiger partial charge in [-0.2, -0.15) is 30.3 Å². The summed E-state index contributed by atoms with van der Waals surface area (Å²) in [4.78, 5) is 0. The molecule has 0 spiro atoms. The van der Waals surface area contributed by atoms with Crippen LogP contribution in [-0.2, 0) is 16.3 Å². The van der Waals surface area contributed by atoms with E-state index in [1.165, 1.54) is 28.5 Å². The third-order valence-electron chi connectivity index (χ3n) is 2.18. The van der Waals surface area contributed by atoms with Crippen molar-refractivity contribution >= 4 is 13.6 Å². The van der Waals surface area contributed by atoms with Crippen LogP contribution in [0.5, 0.6) is 5.75 Å². The molecule has 4 heteroatoms. The minimum atomic E-state index is -0.269. The number of hydrogen-bond acceptors (Lipinski definition) is 1. The summed E-state index contributed by atoms with van der Waals surface area (Å²) in [5.41, 5.74) is 1.64. The van der Waals surface area contributed by atoms with Crippen LogP contribution in [0.25, 0.3) is 11.1 Å². The van der Waals surface area contributed by atoms with E-state index in [9.17, 15) is 4.39 Å². The van der Waals surface area contributed by atoms with Crippen LogP contribution >= 0.6 is 13.6 Å². The van der Waals surface area contributed by atoms with Crippen LogP contribution in [0.4, 0.5) is 4.39 Å². The van der Waals surface area contributed by atoms with Crippen LogP contribution < -0.4 is 4.74 Å². The molecule has 0 aliphatic rings. The fraction of sp³-hybridized carbons (Fsp3) is 0.0769. The molecule has 2 rings (SSSR count). The number of ether oxygens (including phenoxy) is 1. The summed E-state index contributed by atoms with van der Waals surface area (Å²) < 4.78 is 18.3. The van der Waals surface area contributed by atoms with Gasteiger partial charge in [-0.3, -0.25) is 0 Å². The van der Waals surface area contributed by atoms with Gasteiger partial charge in [0.1, 0.15) is 11.6 Å². The Hall–Kier alpha value is -0.727. The molecule has 0 bridgehead atoms. The molecule has 2 aromatic rings. The number of methoxy groups -OCH3 is 1. The van der Waals surface area contributed by atoms with Gasteiger partial charge in [-0.15, -0.1) is 5.56 Å². The monoisotopic (exact) mass is 344 g/mol. The molecule has 17 heavy (non-hydrogen) atoms. The maximum atomic E-state index is 13.1. The van der Waals surface area contributed by atoms with Gasteiger partial charge in [-0.05, 0) is 23.8 Å². The first-order chi connectivity index (χ1) is 8.31. The summed E-state index contributed by atoms with van der Waals surface area (Å²) in [7, 11) is 1.57. The van der Waals surface area contributed by atoms with Crippen LogP contribution in [0.3, 0.4) is 0 Å². The average molecular weight is 347 g/mol. The maximum absolute atomic E-state index is 13.1. The van der Waals surface area contributed by atoms with Crippen molar-refractivity contribution in [2.75, 3.05) is 7.11 Å². The molecule has 0 atom stereocenters. The van der Waals surface area contributed by atoms with Gasteiger partial charge in [0.25, 0.3) is 0 Å². The van der Waals surface area contributed by atoms with E-state index in [-0.39, 0.29) is 5.82 Å². The molecule has 0 saturated heterocycles. The second-order valence-electron chi connectivity index (χ2n) is 3.14. The van der Waals surface area contributed by atoms with Gasteiger partial charge >= 0.3 is 30.0 Å². The van der Waals surface area contributed by atoms with Gasteiger partial charge in [0, 0.05) is 0 Å². The number of benzene rings is 2. The Labute approximate surface area is 117 Å². The summed E-state index contributed by atoms with van der Waals surface area (Å²) in [6.07, 6.45) is 0. The van der Waals surface area contributed by atoms with E-state index in [2.05, 4.69) is 19.7 Å². The Morgan fingerprint density at radius 1 is 1.29 bits per heavy atom. The zero-order valence-corrected chi connectivity index (χ0v) is 14.0. The second-order valence-corrected chi connectivity index (χ2v) is 3.14. The van der Waals surface area contributed by atoms with Gasteiger partial charge in [0.2, 0.25) is 0 Å². The van der Waals surface area contributed by atoms with E-state index in [0.717, 1.165) is 11.1 Å². The predicted octanol–water partition coefficient (Wildman–Crippen LogP) is 4.14. The normalized spacial score (nSPS) is 9.24.